The number of aryl methyl sites for hydroxylation is 1. The number of hydrogen-bond donors (Lipinski definition) is 0. The highest BCUT2D eigenvalue weighted by Gasteiger charge is 2.18. The maximum atomic E-state index is 11.3. The van der Waals surface area contributed by atoms with Gasteiger partial charge in [-0.2, -0.15) is 0 Å². The van der Waals surface area contributed by atoms with Crippen LogP contribution in [0.3, 0.4) is 0 Å². The Hall–Kier alpha value is -1.43. The van der Waals surface area contributed by atoms with E-state index in [1.54, 1.807) is 6.92 Å². The Balaban J connectivity index is 2.85. The van der Waals surface area contributed by atoms with E-state index in [9.17, 15) is 4.79 Å². The number of amides is 1. The molecule has 0 atom stereocenters. The van der Waals surface area contributed by atoms with Gasteiger partial charge in [0, 0.05) is 7.05 Å². The minimum absolute atomic E-state index is 0.166. The van der Waals surface area contributed by atoms with E-state index in [2.05, 4.69) is 19.8 Å². The van der Waals surface area contributed by atoms with Crippen LogP contribution in [0.5, 0.6) is 0 Å². The molecule has 0 bridgehead atoms. The molecular weight excluding hydrogens is 162 g/mol. The van der Waals surface area contributed by atoms with Crippen molar-refractivity contribution in [2.24, 2.45) is 0 Å². The van der Waals surface area contributed by atoms with Crippen molar-refractivity contribution in [3.8, 4) is 0 Å². The first-order valence-electron chi connectivity index (χ1n) is 3.28. The summed E-state index contributed by atoms with van der Waals surface area (Å²) in [4.78, 5) is 16.0. The van der Waals surface area contributed by atoms with Crippen molar-refractivity contribution in [1.82, 2.24) is 15.4 Å². The van der Waals surface area contributed by atoms with Gasteiger partial charge in [-0.25, -0.2) is 9.69 Å². The molecule has 1 amide bonds. The lowest BCUT2D eigenvalue weighted by Gasteiger charge is -2.10. The summed E-state index contributed by atoms with van der Waals surface area (Å²) < 4.78 is 4.36. The maximum Gasteiger partial charge on any atom is 0.301 e. The molecule has 66 valence electrons. The molecule has 0 saturated carbocycles. The van der Waals surface area contributed by atoms with Crippen molar-refractivity contribution in [2.45, 2.75) is 6.92 Å². The molecule has 0 saturated heterocycles. The SMILES string of the molecule is CON(C)C(=O)c1nonc1C. The summed E-state index contributed by atoms with van der Waals surface area (Å²) >= 11 is 0. The second-order valence-electron chi connectivity index (χ2n) is 2.18. The summed E-state index contributed by atoms with van der Waals surface area (Å²) in [7, 11) is 2.87. The van der Waals surface area contributed by atoms with Crippen molar-refractivity contribution in [3.63, 3.8) is 0 Å². The van der Waals surface area contributed by atoms with Crippen molar-refractivity contribution in [3.05, 3.63) is 11.4 Å². The van der Waals surface area contributed by atoms with Gasteiger partial charge in [-0.3, -0.25) is 9.63 Å². The second-order valence-corrected chi connectivity index (χ2v) is 2.18. The predicted octanol–water partition coefficient (Wildman–Crippen LogP) is 0.0114. The number of aromatic nitrogens is 2. The van der Waals surface area contributed by atoms with Crippen LogP contribution in [0.4, 0.5) is 0 Å². The van der Waals surface area contributed by atoms with Crippen molar-refractivity contribution >= 4 is 5.91 Å². The van der Waals surface area contributed by atoms with E-state index >= 15 is 0 Å². The highest BCUT2D eigenvalue weighted by Crippen LogP contribution is 2.03. The summed E-state index contributed by atoms with van der Waals surface area (Å²) in [6.45, 7) is 1.63. The molecule has 0 N–H and O–H groups in total. The van der Waals surface area contributed by atoms with E-state index in [-0.39, 0.29) is 11.6 Å². The fraction of sp³-hybridized carbons (Fsp3) is 0.500. The summed E-state index contributed by atoms with van der Waals surface area (Å²) in [5.41, 5.74) is 0.614. The number of carbonyl (C=O) groups excluding carboxylic acids is 1. The van der Waals surface area contributed by atoms with E-state index < -0.39 is 0 Å². The number of carbonyl (C=O) groups is 1. The van der Waals surface area contributed by atoms with E-state index in [1.807, 2.05) is 0 Å². The Bertz CT molecular complexity index is 283. The molecule has 1 aromatic heterocycles. The standard InChI is InChI=1S/C6H9N3O3/c1-4-5(8-12-7-4)6(10)9(2)11-3/h1-3H3. The molecule has 1 aromatic rings. The third kappa shape index (κ3) is 1.42. The quantitative estimate of drug-likeness (QED) is 0.586. The van der Waals surface area contributed by atoms with E-state index in [4.69, 9.17) is 0 Å². The number of rotatable bonds is 2. The van der Waals surface area contributed by atoms with Crippen LogP contribution in [-0.2, 0) is 4.84 Å². The van der Waals surface area contributed by atoms with Crippen LogP contribution in [0.25, 0.3) is 0 Å². The van der Waals surface area contributed by atoms with Crippen molar-refractivity contribution < 1.29 is 14.3 Å². The third-order valence-electron chi connectivity index (χ3n) is 1.42. The molecule has 0 aliphatic carbocycles. The molecule has 0 unspecified atom stereocenters. The van der Waals surface area contributed by atoms with Gasteiger partial charge in [0.25, 0.3) is 0 Å². The first kappa shape index (κ1) is 8.66. The van der Waals surface area contributed by atoms with Crippen molar-refractivity contribution in [1.29, 1.82) is 0 Å². The first-order chi connectivity index (χ1) is 5.66. The van der Waals surface area contributed by atoms with Crippen LogP contribution in [0.2, 0.25) is 0 Å². The number of hydroxylamine groups is 2. The van der Waals surface area contributed by atoms with Gasteiger partial charge in [0.15, 0.2) is 5.69 Å². The monoisotopic (exact) mass is 171 g/mol. The predicted molar refractivity (Wildman–Crippen MR) is 38.1 cm³/mol. The summed E-state index contributed by atoms with van der Waals surface area (Å²) in [5, 5.41) is 7.94. The Morgan fingerprint density at radius 2 is 2.25 bits per heavy atom. The Morgan fingerprint density at radius 1 is 1.58 bits per heavy atom. The molecule has 12 heavy (non-hydrogen) atoms. The molecule has 0 radical (unpaired) electrons. The minimum Gasteiger partial charge on any atom is -0.274 e. The average Bonchev–Trinajstić information content (AvgIpc) is 2.48. The molecule has 0 aliphatic rings. The fourth-order valence-corrected chi connectivity index (χ4v) is 0.658. The number of hydrogen-bond acceptors (Lipinski definition) is 5. The van der Waals surface area contributed by atoms with Gasteiger partial charge in [0.05, 0.1) is 7.11 Å². The van der Waals surface area contributed by atoms with Gasteiger partial charge in [0.2, 0.25) is 0 Å². The van der Waals surface area contributed by atoms with Gasteiger partial charge in [-0.05, 0) is 12.1 Å². The van der Waals surface area contributed by atoms with E-state index in [1.165, 1.54) is 14.2 Å². The van der Waals surface area contributed by atoms with Gasteiger partial charge in [0.1, 0.15) is 5.69 Å². The lowest BCUT2D eigenvalue weighted by molar-refractivity contribution is -0.0762. The van der Waals surface area contributed by atoms with Crippen molar-refractivity contribution in [2.75, 3.05) is 14.2 Å². The summed E-state index contributed by atoms with van der Waals surface area (Å²) in [6.07, 6.45) is 0. The van der Waals surface area contributed by atoms with Gasteiger partial charge in [-0.1, -0.05) is 5.16 Å². The minimum atomic E-state index is -0.378. The maximum absolute atomic E-state index is 11.3. The zero-order valence-electron chi connectivity index (χ0n) is 7.07. The van der Waals surface area contributed by atoms with Gasteiger partial charge >= 0.3 is 5.91 Å². The second kappa shape index (κ2) is 3.31. The molecule has 0 spiro atoms. The molecule has 6 nitrogen and oxygen atoms in total. The van der Waals surface area contributed by atoms with E-state index in [0.29, 0.717) is 5.69 Å². The van der Waals surface area contributed by atoms with Crippen LogP contribution in [0, 0.1) is 6.92 Å². The third-order valence-corrected chi connectivity index (χ3v) is 1.42. The molecule has 0 aliphatic heterocycles. The molecule has 0 aromatic carbocycles. The fourth-order valence-electron chi connectivity index (χ4n) is 0.658. The Labute approximate surface area is 69.0 Å². The molecule has 1 rings (SSSR count). The molecule has 0 fully saturated rings. The van der Waals surface area contributed by atoms with Crippen LogP contribution < -0.4 is 0 Å². The largest absolute Gasteiger partial charge is 0.301 e. The topological polar surface area (TPSA) is 68.5 Å². The average molecular weight is 171 g/mol. The van der Waals surface area contributed by atoms with Gasteiger partial charge in [-0.15, -0.1) is 0 Å². The van der Waals surface area contributed by atoms with Crippen LogP contribution in [0.1, 0.15) is 16.2 Å². The highest BCUT2D eigenvalue weighted by molar-refractivity contribution is 5.92. The normalized spacial score (nSPS) is 9.92. The zero-order valence-corrected chi connectivity index (χ0v) is 7.07. The molecular formula is C6H9N3O3. The number of nitrogens with zero attached hydrogens (tertiary/aromatic N) is 3. The van der Waals surface area contributed by atoms with E-state index in [0.717, 1.165) is 5.06 Å². The first-order valence-corrected chi connectivity index (χ1v) is 3.28. The van der Waals surface area contributed by atoms with Gasteiger partial charge < -0.3 is 0 Å². The lowest BCUT2D eigenvalue weighted by Crippen LogP contribution is -2.26. The highest BCUT2D eigenvalue weighted by atomic mass is 16.7. The van der Waals surface area contributed by atoms with Crippen LogP contribution in [-0.4, -0.2) is 35.4 Å². The lowest BCUT2D eigenvalue weighted by atomic mass is 10.3. The van der Waals surface area contributed by atoms with Crippen LogP contribution in [0.15, 0.2) is 4.63 Å². The molecule has 1 heterocycles. The summed E-state index contributed by atoms with van der Waals surface area (Å²) in [5.74, 6) is -0.378. The zero-order chi connectivity index (χ0) is 9.14. The van der Waals surface area contributed by atoms with Crippen LogP contribution >= 0.6 is 0 Å². The smallest absolute Gasteiger partial charge is 0.274 e. The Kier molecular flexibility index (Phi) is 2.39. The Morgan fingerprint density at radius 3 is 2.67 bits per heavy atom. The molecule has 6 heteroatoms. The summed E-state index contributed by atoms with van der Waals surface area (Å²) in [6, 6.07) is 0.